The van der Waals surface area contributed by atoms with Crippen molar-refractivity contribution in [2.75, 3.05) is 39.9 Å². The van der Waals surface area contributed by atoms with E-state index in [4.69, 9.17) is 4.74 Å². The van der Waals surface area contributed by atoms with Gasteiger partial charge in [-0.2, -0.15) is 4.31 Å². The van der Waals surface area contributed by atoms with Crippen molar-refractivity contribution in [3.63, 3.8) is 0 Å². The maximum absolute atomic E-state index is 12.5. The van der Waals surface area contributed by atoms with E-state index < -0.39 is 10.0 Å². The van der Waals surface area contributed by atoms with Gasteiger partial charge >= 0.3 is 0 Å². The van der Waals surface area contributed by atoms with Crippen LogP contribution >= 0.6 is 0 Å². The second-order valence-corrected chi connectivity index (χ2v) is 7.77. The molecule has 1 aromatic rings. The Morgan fingerprint density at radius 1 is 1.25 bits per heavy atom. The quantitative estimate of drug-likeness (QED) is 0.728. The van der Waals surface area contributed by atoms with Crippen LogP contribution in [0.15, 0.2) is 29.2 Å². The summed E-state index contributed by atoms with van der Waals surface area (Å²) in [7, 11) is -1.67. The van der Waals surface area contributed by atoms with Crippen LogP contribution in [-0.4, -0.2) is 58.5 Å². The summed E-state index contributed by atoms with van der Waals surface area (Å²) in [5.74, 6) is -0.148. The van der Waals surface area contributed by atoms with E-state index in [9.17, 15) is 13.2 Å². The number of carbonyl (C=O) groups is 1. The van der Waals surface area contributed by atoms with E-state index in [0.717, 1.165) is 5.56 Å². The van der Waals surface area contributed by atoms with Gasteiger partial charge in [0.25, 0.3) is 0 Å². The van der Waals surface area contributed by atoms with Crippen molar-refractivity contribution in [2.45, 2.75) is 18.4 Å². The van der Waals surface area contributed by atoms with Gasteiger partial charge in [0, 0.05) is 32.1 Å². The number of benzene rings is 1. The molecule has 1 saturated heterocycles. The van der Waals surface area contributed by atoms with Gasteiger partial charge in [0.1, 0.15) is 0 Å². The zero-order chi connectivity index (χ0) is 17.6. The molecule has 1 aliphatic rings. The van der Waals surface area contributed by atoms with E-state index in [2.05, 4.69) is 10.6 Å². The summed E-state index contributed by atoms with van der Waals surface area (Å²) >= 11 is 0. The summed E-state index contributed by atoms with van der Waals surface area (Å²) in [6, 6.07) is 6.64. The SMILES string of the molecule is CNCC(C)C(=O)NCc1ccc(S(=O)(=O)N2CCOCC2)cc1. The van der Waals surface area contributed by atoms with Crippen LogP contribution in [0.3, 0.4) is 0 Å². The third kappa shape index (κ3) is 4.76. The standard InChI is InChI=1S/C16H25N3O4S/c1-13(11-17-2)16(20)18-12-14-3-5-15(6-4-14)24(21,22)19-7-9-23-10-8-19/h3-6,13,17H,7-12H2,1-2H3,(H,18,20). The average molecular weight is 355 g/mol. The molecule has 7 nitrogen and oxygen atoms in total. The molecular formula is C16H25N3O4S. The van der Waals surface area contributed by atoms with Crippen molar-refractivity contribution < 1.29 is 17.9 Å². The Labute approximate surface area is 143 Å². The van der Waals surface area contributed by atoms with Gasteiger partial charge in [-0.3, -0.25) is 4.79 Å². The zero-order valence-electron chi connectivity index (χ0n) is 14.1. The maximum Gasteiger partial charge on any atom is 0.243 e. The van der Waals surface area contributed by atoms with Crippen molar-refractivity contribution >= 4 is 15.9 Å². The molecule has 1 atom stereocenters. The molecule has 0 radical (unpaired) electrons. The molecule has 2 rings (SSSR count). The molecule has 134 valence electrons. The monoisotopic (exact) mass is 355 g/mol. The van der Waals surface area contributed by atoms with Crippen LogP contribution in [-0.2, 0) is 26.1 Å². The summed E-state index contributed by atoms with van der Waals surface area (Å²) in [5, 5.41) is 5.81. The van der Waals surface area contributed by atoms with Crippen LogP contribution in [0.5, 0.6) is 0 Å². The molecule has 0 saturated carbocycles. The van der Waals surface area contributed by atoms with Gasteiger partial charge in [-0.15, -0.1) is 0 Å². The number of hydrogen-bond acceptors (Lipinski definition) is 5. The van der Waals surface area contributed by atoms with Crippen LogP contribution in [0.2, 0.25) is 0 Å². The summed E-state index contributed by atoms with van der Waals surface area (Å²) in [4.78, 5) is 12.1. The molecule has 0 bridgehead atoms. The third-order valence-electron chi connectivity index (χ3n) is 3.96. The van der Waals surface area contributed by atoms with Crippen molar-refractivity contribution in [3.8, 4) is 0 Å². The largest absolute Gasteiger partial charge is 0.379 e. The van der Waals surface area contributed by atoms with E-state index in [1.807, 2.05) is 6.92 Å². The van der Waals surface area contributed by atoms with Gasteiger partial charge in [0.05, 0.1) is 18.1 Å². The fraction of sp³-hybridized carbons (Fsp3) is 0.562. The van der Waals surface area contributed by atoms with Gasteiger partial charge in [0.2, 0.25) is 15.9 Å². The lowest BCUT2D eigenvalue weighted by atomic mass is 10.1. The number of amides is 1. The zero-order valence-corrected chi connectivity index (χ0v) is 14.9. The Bertz CT molecular complexity index is 640. The number of ether oxygens (including phenoxy) is 1. The van der Waals surface area contributed by atoms with Crippen LogP contribution in [0.1, 0.15) is 12.5 Å². The molecule has 0 spiro atoms. The Morgan fingerprint density at radius 3 is 2.46 bits per heavy atom. The van der Waals surface area contributed by atoms with Gasteiger partial charge in [-0.1, -0.05) is 19.1 Å². The molecule has 0 aliphatic carbocycles. The molecule has 1 aliphatic heterocycles. The van der Waals surface area contributed by atoms with Crippen molar-refractivity contribution in [1.29, 1.82) is 0 Å². The lowest BCUT2D eigenvalue weighted by Crippen LogP contribution is -2.40. The first kappa shape index (κ1) is 18.9. The maximum atomic E-state index is 12.5. The minimum absolute atomic E-state index is 0.0330. The van der Waals surface area contributed by atoms with E-state index in [-0.39, 0.29) is 16.7 Å². The molecular weight excluding hydrogens is 330 g/mol. The molecule has 1 fully saturated rings. The molecule has 8 heteroatoms. The lowest BCUT2D eigenvalue weighted by molar-refractivity contribution is -0.124. The molecule has 24 heavy (non-hydrogen) atoms. The summed E-state index contributed by atoms with van der Waals surface area (Å²) < 4.78 is 31.7. The minimum Gasteiger partial charge on any atom is -0.379 e. The second-order valence-electron chi connectivity index (χ2n) is 5.84. The summed E-state index contributed by atoms with van der Waals surface area (Å²) in [6.07, 6.45) is 0. The van der Waals surface area contributed by atoms with Crippen LogP contribution in [0.4, 0.5) is 0 Å². The predicted molar refractivity (Wildman–Crippen MR) is 91.0 cm³/mol. The number of carbonyl (C=O) groups excluding carboxylic acids is 1. The smallest absolute Gasteiger partial charge is 0.243 e. The molecule has 1 aromatic carbocycles. The van der Waals surface area contributed by atoms with E-state index in [1.165, 1.54) is 4.31 Å². The number of nitrogens with zero attached hydrogens (tertiary/aromatic N) is 1. The van der Waals surface area contributed by atoms with E-state index in [1.54, 1.807) is 31.3 Å². The number of hydrogen-bond donors (Lipinski definition) is 2. The van der Waals surface area contributed by atoms with Gasteiger partial charge < -0.3 is 15.4 Å². The first-order valence-corrected chi connectivity index (χ1v) is 9.48. The molecule has 0 aromatic heterocycles. The summed E-state index contributed by atoms with van der Waals surface area (Å²) in [6.45, 7) is 4.45. The Morgan fingerprint density at radius 2 is 1.88 bits per heavy atom. The van der Waals surface area contributed by atoms with Crippen molar-refractivity contribution in [2.24, 2.45) is 5.92 Å². The second kappa shape index (κ2) is 8.57. The first-order chi connectivity index (χ1) is 11.4. The number of morpholine rings is 1. The number of sulfonamides is 1. The fourth-order valence-electron chi connectivity index (χ4n) is 2.48. The third-order valence-corrected chi connectivity index (χ3v) is 5.87. The first-order valence-electron chi connectivity index (χ1n) is 8.04. The predicted octanol–water partition coefficient (Wildman–Crippen LogP) is 0.179. The minimum atomic E-state index is -3.47. The van der Waals surface area contributed by atoms with Gasteiger partial charge in [-0.25, -0.2) is 8.42 Å². The van der Waals surface area contributed by atoms with Gasteiger partial charge in [0.15, 0.2) is 0 Å². The molecule has 1 heterocycles. The topological polar surface area (TPSA) is 87.7 Å². The van der Waals surface area contributed by atoms with Crippen molar-refractivity contribution in [3.05, 3.63) is 29.8 Å². The van der Waals surface area contributed by atoms with Crippen molar-refractivity contribution in [1.82, 2.24) is 14.9 Å². The lowest BCUT2D eigenvalue weighted by Gasteiger charge is -2.26. The highest BCUT2D eigenvalue weighted by atomic mass is 32.2. The van der Waals surface area contributed by atoms with Crippen LogP contribution in [0, 0.1) is 5.92 Å². The molecule has 2 N–H and O–H groups in total. The normalized spacial score (nSPS) is 17.4. The molecule has 1 unspecified atom stereocenters. The fourth-order valence-corrected chi connectivity index (χ4v) is 3.89. The average Bonchev–Trinajstić information content (AvgIpc) is 2.61. The van der Waals surface area contributed by atoms with Crippen LogP contribution in [0.25, 0.3) is 0 Å². The Hall–Kier alpha value is -1.48. The Balaban J connectivity index is 1.96. The highest BCUT2D eigenvalue weighted by molar-refractivity contribution is 7.89. The number of rotatable bonds is 7. The van der Waals surface area contributed by atoms with Crippen LogP contribution < -0.4 is 10.6 Å². The van der Waals surface area contributed by atoms with E-state index >= 15 is 0 Å². The molecule has 1 amide bonds. The Kier molecular flexibility index (Phi) is 6.73. The number of nitrogens with one attached hydrogen (secondary N) is 2. The highest BCUT2D eigenvalue weighted by Gasteiger charge is 2.26. The van der Waals surface area contributed by atoms with Gasteiger partial charge in [-0.05, 0) is 24.7 Å². The van der Waals surface area contributed by atoms with E-state index in [0.29, 0.717) is 39.4 Å². The summed E-state index contributed by atoms with van der Waals surface area (Å²) in [5.41, 5.74) is 0.862. The highest BCUT2D eigenvalue weighted by Crippen LogP contribution is 2.17.